The van der Waals surface area contributed by atoms with Crippen molar-refractivity contribution in [1.82, 2.24) is 5.32 Å². The van der Waals surface area contributed by atoms with E-state index in [1.54, 1.807) is 11.3 Å². The zero-order chi connectivity index (χ0) is 13.9. The van der Waals surface area contributed by atoms with E-state index in [1.165, 1.54) is 16.9 Å². The first-order chi connectivity index (χ1) is 9.74. The second-order valence-corrected chi connectivity index (χ2v) is 7.86. The normalized spacial score (nSPS) is 22.9. The Balaban J connectivity index is 1.80. The van der Waals surface area contributed by atoms with Gasteiger partial charge in [-0.15, -0.1) is 11.3 Å². The van der Waals surface area contributed by atoms with Crippen LogP contribution in [0.3, 0.4) is 0 Å². The molecule has 20 heavy (non-hydrogen) atoms. The summed E-state index contributed by atoms with van der Waals surface area (Å²) in [6.45, 7) is 2.19. The van der Waals surface area contributed by atoms with Crippen molar-refractivity contribution in [2.75, 3.05) is 13.1 Å². The second-order valence-electron chi connectivity index (χ2n) is 5.32. The highest BCUT2D eigenvalue weighted by Gasteiger charge is 2.28. The topological polar surface area (TPSA) is 12.0 Å². The maximum Gasteiger partial charge on any atom is 0.107 e. The standard InChI is InChI=1S/C16H17BrClNS/c17-14-9-15(20-16(14)18)13-6-7-19-10-12(13)8-11-4-2-1-3-5-11/h1-5,9,12-13,19H,6-8,10H2. The van der Waals surface area contributed by atoms with Crippen LogP contribution in [0, 0.1) is 5.92 Å². The van der Waals surface area contributed by atoms with Gasteiger partial charge < -0.3 is 5.32 Å². The predicted molar refractivity (Wildman–Crippen MR) is 90.9 cm³/mol. The summed E-state index contributed by atoms with van der Waals surface area (Å²) in [5, 5.41) is 3.54. The Morgan fingerprint density at radius 2 is 2.10 bits per heavy atom. The van der Waals surface area contributed by atoms with E-state index in [2.05, 4.69) is 57.6 Å². The summed E-state index contributed by atoms with van der Waals surface area (Å²) < 4.78 is 1.91. The molecule has 1 aromatic heterocycles. The van der Waals surface area contributed by atoms with Gasteiger partial charge in [-0.2, -0.15) is 0 Å². The van der Waals surface area contributed by atoms with Gasteiger partial charge in [-0.1, -0.05) is 41.9 Å². The largest absolute Gasteiger partial charge is 0.316 e. The van der Waals surface area contributed by atoms with Gasteiger partial charge in [-0.25, -0.2) is 0 Å². The summed E-state index contributed by atoms with van der Waals surface area (Å²) in [4.78, 5) is 1.42. The number of halogens is 2. The van der Waals surface area contributed by atoms with Gasteiger partial charge >= 0.3 is 0 Å². The van der Waals surface area contributed by atoms with Gasteiger partial charge in [0.1, 0.15) is 4.34 Å². The third kappa shape index (κ3) is 3.28. The molecule has 4 heteroatoms. The number of nitrogens with one attached hydrogen (secondary N) is 1. The number of hydrogen-bond acceptors (Lipinski definition) is 2. The van der Waals surface area contributed by atoms with Crippen molar-refractivity contribution in [1.29, 1.82) is 0 Å². The van der Waals surface area contributed by atoms with E-state index >= 15 is 0 Å². The van der Waals surface area contributed by atoms with Crippen molar-refractivity contribution >= 4 is 38.9 Å². The lowest BCUT2D eigenvalue weighted by molar-refractivity contribution is 0.327. The van der Waals surface area contributed by atoms with Crippen molar-refractivity contribution in [3.63, 3.8) is 0 Å². The lowest BCUT2D eigenvalue weighted by atomic mass is 9.81. The van der Waals surface area contributed by atoms with Gasteiger partial charge in [0, 0.05) is 9.35 Å². The Kier molecular flexibility index (Phi) is 4.82. The van der Waals surface area contributed by atoms with Crippen LogP contribution in [0.25, 0.3) is 0 Å². The number of thiophene rings is 1. The summed E-state index contributed by atoms with van der Waals surface area (Å²) in [6, 6.07) is 13.0. The fourth-order valence-electron chi connectivity index (χ4n) is 2.97. The van der Waals surface area contributed by atoms with Crippen LogP contribution in [-0.4, -0.2) is 13.1 Å². The van der Waals surface area contributed by atoms with E-state index in [9.17, 15) is 0 Å². The summed E-state index contributed by atoms with van der Waals surface area (Å²) in [5.74, 6) is 1.26. The van der Waals surface area contributed by atoms with Gasteiger partial charge in [-0.05, 0) is 65.3 Å². The maximum atomic E-state index is 6.21. The highest BCUT2D eigenvalue weighted by Crippen LogP contribution is 2.41. The minimum atomic E-state index is 0.616. The molecule has 0 spiro atoms. The summed E-state index contributed by atoms with van der Waals surface area (Å²) in [5.41, 5.74) is 1.42. The van der Waals surface area contributed by atoms with Crippen molar-refractivity contribution in [2.45, 2.75) is 18.8 Å². The van der Waals surface area contributed by atoms with E-state index in [4.69, 9.17) is 11.6 Å². The number of piperidine rings is 1. The molecule has 0 saturated carbocycles. The van der Waals surface area contributed by atoms with Gasteiger partial charge in [0.25, 0.3) is 0 Å². The smallest absolute Gasteiger partial charge is 0.107 e. The monoisotopic (exact) mass is 369 g/mol. The molecule has 2 unspecified atom stereocenters. The van der Waals surface area contributed by atoms with Crippen LogP contribution in [0.5, 0.6) is 0 Å². The molecule has 106 valence electrons. The van der Waals surface area contributed by atoms with E-state index in [0.29, 0.717) is 11.8 Å². The quantitative estimate of drug-likeness (QED) is 0.792. The lowest BCUT2D eigenvalue weighted by Gasteiger charge is -2.31. The molecule has 1 aromatic carbocycles. The van der Waals surface area contributed by atoms with Crippen LogP contribution in [0.15, 0.2) is 40.9 Å². The highest BCUT2D eigenvalue weighted by molar-refractivity contribution is 9.10. The molecular formula is C16H17BrClNS. The molecule has 0 amide bonds. The fraction of sp³-hybridized carbons (Fsp3) is 0.375. The van der Waals surface area contributed by atoms with Gasteiger partial charge in [0.05, 0.1) is 0 Å². The number of rotatable bonds is 3. The summed E-state index contributed by atoms with van der Waals surface area (Å²) in [6.07, 6.45) is 2.33. The first-order valence-corrected chi connectivity index (χ1v) is 8.92. The number of benzene rings is 1. The average molecular weight is 371 g/mol. The molecule has 1 fully saturated rings. The molecule has 0 radical (unpaired) electrons. The van der Waals surface area contributed by atoms with Crippen LogP contribution in [0.1, 0.15) is 22.8 Å². The van der Waals surface area contributed by atoms with E-state index in [1.807, 2.05) is 0 Å². The van der Waals surface area contributed by atoms with Crippen molar-refractivity contribution in [3.8, 4) is 0 Å². The van der Waals surface area contributed by atoms with E-state index in [-0.39, 0.29) is 0 Å². The second kappa shape index (κ2) is 6.61. The SMILES string of the molecule is Clc1sc(C2CCNCC2Cc2ccccc2)cc1Br. The van der Waals surface area contributed by atoms with Crippen LogP contribution < -0.4 is 5.32 Å². The van der Waals surface area contributed by atoms with Crippen molar-refractivity contribution < 1.29 is 0 Å². The zero-order valence-electron chi connectivity index (χ0n) is 11.1. The number of hydrogen-bond donors (Lipinski definition) is 1. The molecule has 2 atom stereocenters. The molecule has 0 aliphatic carbocycles. The molecule has 2 aromatic rings. The third-order valence-corrected chi connectivity index (χ3v) is 6.58. The van der Waals surface area contributed by atoms with Crippen molar-refractivity contribution in [2.24, 2.45) is 5.92 Å². The fourth-order valence-corrected chi connectivity index (χ4v) is 4.94. The first kappa shape index (κ1) is 14.6. The van der Waals surface area contributed by atoms with E-state index < -0.39 is 0 Å². The molecular weight excluding hydrogens is 354 g/mol. The minimum Gasteiger partial charge on any atom is -0.316 e. The summed E-state index contributed by atoms with van der Waals surface area (Å²) >= 11 is 11.5. The Bertz CT molecular complexity index is 550. The first-order valence-electron chi connectivity index (χ1n) is 6.93. The third-order valence-electron chi connectivity index (χ3n) is 3.98. The molecule has 1 aliphatic heterocycles. The Morgan fingerprint density at radius 1 is 1.30 bits per heavy atom. The molecule has 1 nitrogen and oxygen atoms in total. The molecule has 1 N–H and O–H groups in total. The van der Waals surface area contributed by atoms with Crippen molar-refractivity contribution in [3.05, 3.63) is 55.6 Å². The van der Waals surface area contributed by atoms with Crippen LogP contribution in [-0.2, 0) is 6.42 Å². The molecule has 0 bridgehead atoms. The molecule has 3 rings (SSSR count). The predicted octanol–water partition coefficient (Wildman–Crippen LogP) is 5.10. The van der Waals surface area contributed by atoms with E-state index in [0.717, 1.165) is 28.3 Å². The van der Waals surface area contributed by atoms with Crippen LogP contribution >= 0.6 is 38.9 Å². The summed E-state index contributed by atoms with van der Waals surface area (Å²) in [7, 11) is 0. The van der Waals surface area contributed by atoms with Gasteiger partial charge in [0.15, 0.2) is 0 Å². The van der Waals surface area contributed by atoms with Crippen LogP contribution in [0.4, 0.5) is 0 Å². The highest BCUT2D eigenvalue weighted by atomic mass is 79.9. The van der Waals surface area contributed by atoms with Gasteiger partial charge in [-0.3, -0.25) is 0 Å². The Labute approximate surface area is 137 Å². The zero-order valence-corrected chi connectivity index (χ0v) is 14.3. The maximum absolute atomic E-state index is 6.21. The Morgan fingerprint density at radius 3 is 2.80 bits per heavy atom. The molecule has 1 aliphatic rings. The lowest BCUT2D eigenvalue weighted by Crippen LogP contribution is -2.36. The minimum absolute atomic E-state index is 0.616. The molecule has 1 saturated heterocycles. The average Bonchev–Trinajstić information content (AvgIpc) is 2.80. The van der Waals surface area contributed by atoms with Crippen LogP contribution in [0.2, 0.25) is 4.34 Å². The Hall–Kier alpha value is -0.350. The molecule has 2 heterocycles. The van der Waals surface area contributed by atoms with Gasteiger partial charge in [0.2, 0.25) is 0 Å².